The first kappa shape index (κ1) is 12.7. The molecule has 0 heterocycles. The average molecular weight is 210 g/mol. The Balaban J connectivity index is 2.45. The van der Waals surface area contributed by atoms with Crippen molar-refractivity contribution in [3.63, 3.8) is 0 Å². The lowest BCUT2D eigenvalue weighted by Crippen LogP contribution is -2.34. The van der Waals surface area contributed by atoms with E-state index in [4.69, 9.17) is 0 Å². The number of carbonyl (C=O) groups excluding carboxylic acids is 1. The van der Waals surface area contributed by atoms with Crippen LogP contribution in [0.15, 0.2) is 0 Å². The summed E-state index contributed by atoms with van der Waals surface area (Å²) < 4.78 is 0. The molecule has 0 N–H and O–H groups in total. The molecule has 1 nitrogen and oxygen atoms in total. The molecular weight excluding hydrogens is 184 g/mol. The van der Waals surface area contributed by atoms with Gasteiger partial charge in [0.1, 0.15) is 5.78 Å². The molecule has 1 aliphatic rings. The van der Waals surface area contributed by atoms with E-state index in [0.717, 1.165) is 12.8 Å². The van der Waals surface area contributed by atoms with E-state index in [1.54, 1.807) is 0 Å². The molecule has 0 saturated heterocycles. The van der Waals surface area contributed by atoms with Crippen LogP contribution in [-0.2, 0) is 4.79 Å². The van der Waals surface area contributed by atoms with Crippen molar-refractivity contribution in [2.24, 2.45) is 17.3 Å². The standard InChI is InChI=1S/C14H26O/c1-5-6-7-11-8-9-12(13(15)10-11)14(2,3)4/h11-12H,5-10H2,1-4H3/t11-,12-/m0/s1. The maximum atomic E-state index is 12.0. The third-order valence-electron chi connectivity index (χ3n) is 3.75. The largest absolute Gasteiger partial charge is 0.299 e. The van der Waals surface area contributed by atoms with Gasteiger partial charge in [-0.25, -0.2) is 0 Å². The number of hydrogen-bond donors (Lipinski definition) is 0. The van der Waals surface area contributed by atoms with E-state index in [9.17, 15) is 4.79 Å². The molecule has 0 unspecified atom stereocenters. The Morgan fingerprint density at radius 3 is 2.40 bits per heavy atom. The molecule has 1 heteroatoms. The predicted octanol–water partition coefficient (Wildman–Crippen LogP) is 4.21. The van der Waals surface area contributed by atoms with Crippen molar-refractivity contribution < 1.29 is 4.79 Å². The van der Waals surface area contributed by atoms with Crippen LogP contribution in [0, 0.1) is 17.3 Å². The molecule has 0 amide bonds. The summed E-state index contributed by atoms with van der Waals surface area (Å²) in [5, 5.41) is 0. The SMILES string of the molecule is CCCC[C@H]1CC[C@H](C(C)(C)C)C(=O)C1. The lowest BCUT2D eigenvalue weighted by atomic mass is 9.68. The van der Waals surface area contributed by atoms with Crippen molar-refractivity contribution in [3.05, 3.63) is 0 Å². The number of carbonyl (C=O) groups is 1. The zero-order valence-corrected chi connectivity index (χ0v) is 10.8. The maximum absolute atomic E-state index is 12.0. The summed E-state index contributed by atoms with van der Waals surface area (Å²) in [6.45, 7) is 8.81. The third kappa shape index (κ3) is 3.62. The van der Waals surface area contributed by atoms with Crippen molar-refractivity contribution in [3.8, 4) is 0 Å². The highest BCUT2D eigenvalue weighted by Gasteiger charge is 2.35. The molecule has 2 atom stereocenters. The fourth-order valence-electron chi connectivity index (χ4n) is 2.75. The van der Waals surface area contributed by atoms with E-state index in [1.165, 1.54) is 25.7 Å². The van der Waals surface area contributed by atoms with E-state index in [0.29, 0.717) is 17.6 Å². The third-order valence-corrected chi connectivity index (χ3v) is 3.75. The van der Waals surface area contributed by atoms with E-state index in [1.807, 2.05) is 0 Å². The van der Waals surface area contributed by atoms with Crippen LogP contribution in [0.4, 0.5) is 0 Å². The van der Waals surface area contributed by atoms with Gasteiger partial charge in [-0.3, -0.25) is 4.79 Å². The lowest BCUT2D eigenvalue weighted by Gasteiger charge is -2.35. The van der Waals surface area contributed by atoms with E-state index < -0.39 is 0 Å². The van der Waals surface area contributed by atoms with Crippen molar-refractivity contribution in [2.75, 3.05) is 0 Å². The van der Waals surface area contributed by atoms with Crippen LogP contribution in [0.5, 0.6) is 0 Å². The van der Waals surface area contributed by atoms with Gasteiger partial charge in [-0.15, -0.1) is 0 Å². The summed E-state index contributed by atoms with van der Waals surface area (Å²) in [7, 11) is 0. The summed E-state index contributed by atoms with van der Waals surface area (Å²) >= 11 is 0. The van der Waals surface area contributed by atoms with Gasteiger partial charge >= 0.3 is 0 Å². The number of rotatable bonds is 3. The quantitative estimate of drug-likeness (QED) is 0.682. The van der Waals surface area contributed by atoms with E-state index >= 15 is 0 Å². The Morgan fingerprint density at radius 1 is 1.27 bits per heavy atom. The highest BCUT2D eigenvalue weighted by atomic mass is 16.1. The van der Waals surface area contributed by atoms with E-state index in [2.05, 4.69) is 27.7 Å². The van der Waals surface area contributed by atoms with Gasteiger partial charge in [0.2, 0.25) is 0 Å². The van der Waals surface area contributed by atoms with Crippen LogP contribution < -0.4 is 0 Å². The Labute approximate surface area is 94.6 Å². The molecule has 15 heavy (non-hydrogen) atoms. The minimum atomic E-state index is 0.173. The van der Waals surface area contributed by atoms with Gasteiger partial charge in [-0.05, 0) is 24.2 Å². The summed E-state index contributed by atoms with van der Waals surface area (Å²) in [4.78, 5) is 12.0. The first-order valence-electron chi connectivity index (χ1n) is 6.48. The average Bonchev–Trinajstić information content (AvgIpc) is 2.12. The van der Waals surface area contributed by atoms with Crippen LogP contribution in [0.1, 0.15) is 66.2 Å². The summed E-state index contributed by atoms with van der Waals surface area (Å²) in [5.74, 6) is 1.53. The van der Waals surface area contributed by atoms with Crippen molar-refractivity contribution in [1.29, 1.82) is 0 Å². The molecule has 0 aliphatic heterocycles. The van der Waals surface area contributed by atoms with Gasteiger partial charge in [-0.2, -0.15) is 0 Å². The van der Waals surface area contributed by atoms with Gasteiger partial charge in [-0.1, -0.05) is 47.0 Å². The number of Topliss-reactive ketones (excluding diaryl/α,β-unsaturated/α-hetero) is 1. The maximum Gasteiger partial charge on any atom is 0.136 e. The minimum absolute atomic E-state index is 0.173. The molecule has 0 aromatic rings. The van der Waals surface area contributed by atoms with Gasteiger partial charge in [0.25, 0.3) is 0 Å². The molecular formula is C14H26O. The Kier molecular flexibility index (Phi) is 4.36. The van der Waals surface area contributed by atoms with Crippen LogP contribution in [-0.4, -0.2) is 5.78 Å². The van der Waals surface area contributed by atoms with Crippen LogP contribution in [0.3, 0.4) is 0 Å². The molecule has 0 spiro atoms. The van der Waals surface area contributed by atoms with Crippen LogP contribution >= 0.6 is 0 Å². The van der Waals surface area contributed by atoms with Crippen molar-refractivity contribution >= 4 is 5.78 Å². The number of hydrogen-bond acceptors (Lipinski definition) is 1. The first-order chi connectivity index (χ1) is 6.95. The predicted molar refractivity (Wildman–Crippen MR) is 64.8 cm³/mol. The van der Waals surface area contributed by atoms with Crippen molar-refractivity contribution in [2.45, 2.75) is 66.2 Å². The number of ketones is 1. The highest BCUT2D eigenvalue weighted by Crippen LogP contribution is 2.38. The van der Waals surface area contributed by atoms with Crippen molar-refractivity contribution in [1.82, 2.24) is 0 Å². The zero-order valence-electron chi connectivity index (χ0n) is 10.8. The van der Waals surface area contributed by atoms with E-state index in [-0.39, 0.29) is 5.41 Å². The fraction of sp³-hybridized carbons (Fsp3) is 0.929. The molecule has 0 aromatic heterocycles. The van der Waals surface area contributed by atoms with Gasteiger partial charge < -0.3 is 0 Å². The summed E-state index contributed by atoms with van der Waals surface area (Å²) in [6, 6.07) is 0. The molecule has 1 aliphatic carbocycles. The Hall–Kier alpha value is -0.330. The first-order valence-corrected chi connectivity index (χ1v) is 6.48. The second-order valence-electron chi connectivity index (χ2n) is 6.17. The molecule has 0 radical (unpaired) electrons. The summed E-state index contributed by atoms with van der Waals surface area (Å²) in [5.41, 5.74) is 0.173. The molecule has 1 fully saturated rings. The molecule has 1 saturated carbocycles. The molecule has 0 aromatic carbocycles. The zero-order chi connectivity index (χ0) is 11.5. The summed E-state index contributed by atoms with van der Waals surface area (Å²) in [6.07, 6.45) is 7.05. The minimum Gasteiger partial charge on any atom is -0.299 e. The normalized spacial score (nSPS) is 28.1. The molecule has 88 valence electrons. The molecule has 1 rings (SSSR count). The Bertz CT molecular complexity index is 212. The topological polar surface area (TPSA) is 17.1 Å². The fourth-order valence-corrected chi connectivity index (χ4v) is 2.75. The van der Waals surface area contributed by atoms with Crippen LogP contribution in [0.25, 0.3) is 0 Å². The van der Waals surface area contributed by atoms with Gasteiger partial charge in [0.15, 0.2) is 0 Å². The van der Waals surface area contributed by atoms with Gasteiger partial charge in [0, 0.05) is 12.3 Å². The van der Waals surface area contributed by atoms with Gasteiger partial charge in [0.05, 0.1) is 0 Å². The Morgan fingerprint density at radius 2 is 1.93 bits per heavy atom. The smallest absolute Gasteiger partial charge is 0.136 e. The highest BCUT2D eigenvalue weighted by molar-refractivity contribution is 5.82. The molecule has 0 bridgehead atoms. The second kappa shape index (κ2) is 5.14. The van der Waals surface area contributed by atoms with Crippen LogP contribution in [0.2, 0.25) is 0 Å². The second-order valence-corrected chi connectivity index (χ2v) is 6.17. The monoisotopic (exact) mass is 210 g/mol. The lowest BCUT2D eigenvalue weighted by molar-refractivity contribution is -0.129. The number of unbranched alkanes of at least 4 members (excludes halogenated alkanes) is 1.